The van der Waals surface area contributed by atoms with Crippen LogP contribution in [-0.2, 0) is 4.79 Å². The first kappa shape index (κ1) is 13.0. The summed E-state index contributed by atoms with van der Waals surface area (Å²) in [5.41, 5.74) is 0. The molecule has 0 aromatic heterocycles. The van der Waals surface area contributed by atoms with Crippen LogP contribution in [-0.4, -0.2) is 36.5 Å². The van der Waals surface area contributed by atoms with Gasteiger partial charge in [0.15, 0.2) is 0 Å². The molecule has 0 bridgehead atoms. The highest BCUT2D eigenvalue weighted by Gasteiger charge is 2.28. The average molecular weight is 223 g/mol. The number of hydrogen-bond acceptors (Lipinski definition) is 3. The average Bonchev–Trinajstić information content (AvgIpc) is 2.27. The van der Waals surface area contributed by atoms with E-state index in [1.807, 2.05) is 6.92 Å². The van der Waals surface area contributed by atoms with Crippen molar-refractivity contribution in [1.82, 2.24) is 10.2 Å². The van der Waals surface area contributed by atoms with Crippen molar-refractivity contribution < 1.29 is 4.79 Å². The Bertz CT molecular complexity index is 284. The van der Waals surface area contributed by atoms with Gasteiger partial charge in [-0.15, -0.1) is 0 Å². The van der Waals surface area contributed by atoms with Crippen molar-refractivity contribution in [2.24, 2.45) is 5.92 Å². The Morgan fingerprint density at radius 3 is 2.94 bits per heavy atom. The van der Waals surface area contributed by atoms with E-state index in [-0.39, 0.29) is 18.0 Å². The molecule has 1 amide bonds. The van der Waals surface area contributed by atoms with Gasteiger partial charge < -0.3 is 10.2 Å². The van der Waals surface area contributed by atoms with E-state index in [1.54, 1.807) is 11.9 Å². The molecule has 4 nitrogen and oxygen atoms in total. The van der Waals surface area contributed by atoms with Gasteiger partial charge >= 0.3 is 0 Å². The largest absolute Gasteiger partial charge is 0.341 e. The van der Waals surface area contributed by atoms with Crippen molar-refractivity contribution >= 4 is 5.91 Å². The van der Waals surface area contributed by atoms with Crippen LogP contribution in [0.5, 0.6) is 0 Å². The number of rotatable bonds is 3. The molecule has 0 spiro atoms. The predicted molar refractivity (Wildman–Crippen MR) is 62.7 cm³/mol. The summed E-state index contributed by atoms with van der Waals surface area (Å²) < 4.78 is 0. The Hall–Kier alpha value is -1.08. The molecule has 1 fully saturated rings. The van der Waals surface area contributed by atoms with Gasteiger partial charge in [-0.2, -0.15) is 5.26 Å². The van der Waals surface area contributed by atoms with Crippen LogP contribution in [0.25, 0.3) is 0 Å². The first-order valence-electron chi connectivity index (χ1n) is 5.93. The predicted octanol–water partition coefficient (Wildman–Crippen LogP) is 1.14. The molecule has 0 saturated carbocycles. The Kier molecular flexibility index (Phi) is 4.75. The lowest BCUT2D eigenvalue weighted by Crippen LogP contribution is -2.51. The molecule has 90 valence electrons. The van der Waals surface area contributed by atoms with Crippen LogP contribution in [0, 0.1) is 17.2 Å². The number of carbonyl (C=O) groups excluding carboxylic acids is 1. The minimum atomic E-state index is -0.0603. The fourth-order valence-electron chi connectivity index (χ4n) is 2.03. The second kappa shape index (κ2) is 5.86. The van der Waals surface area contributed by atoms with Crippen LogP contribution < -0.4 is 5.32 Å². The van der Waals surface area contributed by atoms with E-state index in [0.29, 0.717) is 12.3 Å². The third-order valence-corrected chi connectivity index (χ3v) is 3.36. The molecule has 1 aliphatic heterocycles. The Morgan fingerprint density at radius 1 is 1.69 bits per heavy atom. The molecule has 1 heterocycles. The number of carbonyl (C=O) groups is 1. The molecule has 3 unspecified atom stereocenters. The van der Waals surface area contributed by atoms with Gasteiger partial charge in [-0.25, -0.2) is 0 Å². The third-order valence-electron chi connectivity index (χ3n) is 3.36. The van der Waals surface area contributed by atoms with Crippen molar-refractivity contribution in [3.8, 4) is 6.07 Å². The van der Waals surface area contributed by atoms with Gasteiger partial charge in [-0.05, 0) is 32.2 Å². The van der Waals surface area contributed by atoms with Gasteiger partial charge in [0.25, 0.3) is 0 Å². The maximum atomic E-state index is 12.1. The number of hydrogen-bond donors (Lipinski definition) is 1. The van der Waals surface area contributed by atoms with Gasteiger partial charge in [0.05, 0.1) is 18.5 Å². The summed E-state index contributed by atoms with van der Waals surface area (Å²) in [6, 6.07) is 2.04. The fraction of sp³-hybridized carbons (Fsp3) is 0.833. The van der Waals surface area contributed by atoms with E-state index in [4.69, 9.17) is 5.26 Å². The molecule has 1 rings (SSSR count). The molecule has 0 aromatic rings. The highest BCUT2D eigenvalue weighted by molar-refractivity contribution is 5.82. The smallest absolute Gasteiger partial charge is 0.239 e. The molecule has 16 heavy (non-hydrogen) atoms. The van der Waals surface area contributed by atoms with Crippen molar-refractivity contribution in [2.45, 2.75) is 45.2 Å². The molecule has 3 atom stereocenters. The SMILES string of the molecule is CC1CCNC(C(=O)N(C)C(C)CC#N)C1. The van der Waals surface area contributed by atoms with Crippen LogP contribution >= 0.6 is 0 Å². The van der Waals surface area contributed by atoms with Crippen LogP contribution in [0.3, 0.4) is 0 Å². The Morgan fingerprint density at radius 2 is 2.38 bits per heavy atom. The zero-order valence-electron chi connectivity index (χ0n) is 10.4. The zero-order chi connectivity index (χ0) is 12.1. The molecule has 0 radical (unpaired) electrons. The van der Waals surface area contributed by atoms with E-state index in [1.165, 1.54) is 0 Å². The van der Waals surface area contributed by atoms with E-state index >= 15 is 0 Å². The molecule has 1 aliphatic rings. The number of nitriles is 1. The van der Waals surface area contributed by atoms with Gasteiger partial charge in [0.2, 0.25) is 5.91 Å². The monoisotopic (exact) mass is 223 g/mol. The summed E-state index contributed by atoms with van der Waals surface area (Å²) in [5.74, 6) is 0.726. The summed E-state index contributed by atoms with van der Waals surface area (Å²) in [6.45, 7) is 5.01. The van der Waals surface area contributed by atoms with E-state index in [9.17, 15) is 4.79 Å². The van der Waals surface area contributed by atoms with Crippen molar-refractivity contribution in [3.63, 3.8) is 0 Å². The van der Waals surface area contributed by atoms with Gasteiger partial charge in [-0.3, -0.25) is 4.79 Å². The molecule has 1 saturated heterocycles. The molecular weight excluding hydrogens is 202 g/mol. The number of amides is 1. The molecule has 4 heteroatoms. The number of nitrogens with zero attached hydrogens (tertiary/aromatic N) is 2. The Labute approximate surface area is 97.6 Å². The lowest BCUT2D eigenvalue weighted by Gasteiger charge is -2.32. The first-order valence-corrected chi connectivity index (χ1v) is 5.93. The first-order chi connectivity index (χ1) is 7.56. The molecule has 0 aliphatic carbocycles. The van der Waals surface area contributed by atoms with Crippen LogP contribution in [0.1, 0.15) is 33.1 Å². The third kappa shape index (κ3) is 3.21. The van der Waals surface area contributed by atoms with E-state index in [2.05, 4.69) is 18.3 Å². The second-order valence-corrected chi connectivity index (χ2v) is 4.80. The maximum absolute atomic E-state index is 12.1. The minimum absolute atomic E-state index is 0.00321. The van der Waals surface area contributed by atoms with Crippen LogP contribution in [0.15, 0.2) is 0 Å². The molecular formula is C12H21N3O. The summed E-state index contributed by atoms with van der Waals surface area (Å²) >= 11 is 0. The summed E-state index contributed by atoms with van der Waals surface area (Å²) in [5, 5.41) is 11.9. The summed E-state index contributed by atoms with van der Waals surface area (Å²) in [6.07, 6.45) is 2.44. The number of nitrogens with one attached hydrogen (secondary N) is 1. The van der Waals surface area contributed by atoms with Crippen molar-refractivity contribution in [2.75, 3.05) is 13.6 Å². The normalized spacial score (nSPS) is 26.9. The number of piperidine rings is 1. The van der Waals surface area contributed by atoms with Crippen LogP contribution in [0.2, 0.25) is 0 Å². The quantitative estimate of drug-likeness (QED) is 0.780. The highest BCUT2D eigenvalue weighted by Crippen LogP contribution is 2.17. The Balaban J connectivity index is 2.53. The van der Waals surface area contributed by atoms with Gasteiger partial charge in [-0.1, -0.05) is 6.92 Å². The minimum Gasteiger partial charge on any atom is -0.341 e. The van der Waals surface area contributed by atoms with Gasteiger partial charge in [0, 0.05) is 13.1 Å². The second-order valence-electron chi connectivity index (χ2n) is 4.80. The lowest BCUT2D eigenvalue weighted by molar-refractivity contribution is -0.134. The fourth-order valence-corrected chi connectivity index (χ4v) is 2.03. The van der Waals surface area contributed by atoms with E-state index < -0.39 is 0 Å². The van der Waals surface area contributed by atoms with Crippen LogP contribution in [0.4, 0.5) is 0 Å². The standard InChI is InChI=1S/C12H21N3O/c1-9-5-7-14-11(8-9)12(16)15(3)10(2)4-6-13/h9-11,14H,4-5,7-8H2,1-3H3. The summed E-state index contributed by atoms with van der Waals surface area (Å²) in [4.78, 5) is 13.8. The highest BCUT2D eigenvalue weighted by atomic mass is 16.2. The lowest BCUT2D eigenvalue weighted by atomic mass is 9.93. The van der Waals surface area contributed by atoms with Gasteiger partial charge in [0.1, 0.15) is 0 Å². The maximum Gasteiger partial charge on any atom is 0.239 e. The van der Waals surface area contributed by atoms with Crippen molar-refractivity contribution in [1.29, 1.82) is 5.26 Å². The van der Waals surface area contributed by atoms with Crippen molar-refractivity contribution in [3.05, 3.63) is 0 Å². The molecule has 1 N–H and O–H groups in total. The topological polar surface area (TPSA) is 56.1 Å². The number of likely N-dealkylation sites (N-methyl/N-ethyl adjacent to an activating group) is 1. The zero-order valence-corrected chi connectivity index (χ0v) is 10.4. The summed E-state index contributed by atoms with van der Waals surface area (Å²) in [7, 11) is 1.78. The molecule has 0 aromatic carbocycles. The van der Waals surface area contributed by atoms with E-state index in [0.717, 1.165) is 19.4 Å².